The Kier molecular flexibility index (Phi) is 10.1. The van der Waals surface area contributed by atoms with Gasteiger partial charge in [0.2, 0.25) is 11.1 Å². The normalized spacial score (nSPS) is 12.0. The summed E-state index contributed by atoms with van der Waals surface area (Å²) in [6.45, 7) is 9.19. The maximum absolute atomic E-state index is 4.40. The van der Waals surface area contributed by atoms with Gasteiger partial charge in [0, 0.05) is 29.9 Å². The van der Waals surface area contributed by atoms with E-state index in [0.717, 1.165) is 41.4 Å². The molecule has 0 aliphatic heterocycles. The second kappa shape index (κ2) is 13.3. The van der Waals surface area contributed by atoms with E-state index in [1.807, 2.05) is 50.5 Å². The molecule has 0 saturated carbocycles. The molecule has 0 fully saturated rings. The zero-order chi connectivity index (χ0) is 25.5. The minimum absolute atomic E-state index is 0. The molecule has 194 valence electrons. The van der Waals surface area contributed by atoms with E-state index in [-0.39, 0.29) is 17.0 Å². The minimum atomic E-state index is 0. The average Bonchev–Trinajstić information content (AvgIpc) is 3.42. The van der Waals surface area contributed by atoms with Crippen LogP contribution in [0.15, 0.2) is 87.7 Å². The third-order valence-corrected chi connectivity index (χ3v) is 7.26. The summed E-state index contributed by atoms with van der Waals surface area (Å²) < 4.78 is 6.31. The van der Waals surface area contributed by atoms with Crippen molar-refractivity contribution < 1.29 is 21.5 Å². The molecule has 0 aliphatic carbocycles. The van der Waals surface area contributed by atoms with Gasteiger partial charge in [-0.3, -0.25) is 0 Å². The fourth-order valence-electron chi connectivity index (χ4n) is 3.70. The number of thiazole rings is 1. The van der Waals surface area contributed by atoms with Gasteiger partial charge in [-0.25, -0.2) is 9.13 Å². The minimum Gasteiger partial charge on any atom is -1.00 e. The Morgan fingerprint density at radius 2 is 1.65 bits per heavy atom. The van der Waals surface area contributed by atoms with Crippen molar-refractivity contribution in [1.82, 2.24) is 9.13 Å². The molecule has 0 radical (unpaired) electrons. The number of anilines is 1. The zero-order valence-electron chi connectivity index (χ0n) is 21.9. The Bertz CT molecular complexity index is 1410. The van der Waals surface area contributed by atoms with Crippen LogP contribution in [0.25, 0.3) is 0 Å². The van der Waals surface area contributed by atoms with Crippen LogP contribution in [0.1, 0.15) is 23.1 Å². The first-order valence-electron chi connectivity index (χ1n) is 12.0. The van der Waals surface area contributed by atoms with Crippen molar-refractivity contribution in [2.75, 3.05) is 18.0 Å². The van der Waals surface area contributed by atoms with Crippen LogP contribution in [0, 0.1) is 13.8 Å². The number of halogens is 1. The average molecular weight is 582 g/mol. The van der Waals surface area contributed by atoms with Crippen LogP contribution in [0.4, 0.5) is 17.1 Å². The zero-order valence-corrected chi connectivity index (χ0v) is 24.3. The molecule has 8 nitrogen and oxygen atoms in total. The van der Waals surface area contributed by atoms with Gasteiger partial charge in [-0.1, -0.05) is 12.1 Å². The van der Waals surface area contributed by atoms with Crippen LogP contribution >= 0.6 is 11.3 Å². The second-order valence-corrected chi connectivity index (χ2v) is 9.82. The molecule has 4 rings (SSSR count). The van der Waals surface area contributed by atoms with Gasteiger partial charge < -0.3 is 26.4 Å². The summed E-state index contributed by atoms with van der Waals surface area (Å²) in [7, 11) is 4.04. The van der Waals surface area contributed by atoms with Crippen molar-refractivity contribution in [3.63, 3.8) is 0 Å². The van der Waals surface area contributed by atoms with Gasteiger partial charge in [0.05, 0.1) is 31.2 Å². The lowest BCUT2D eigenvalue weighted by molar-refractivity contribution is -0.671. The van der Waals surface area contributed by atoms with Crippen LogP contribution in [-0.2, 0) is 20.6 Å². The van der Waals surface area contributed by atoms with Crippen molar-refractivity contribution >= 4 is 34.6 Å². The van der Waals surface area contributed by atoms with Crippen molar-refractivity contribution in [2.24, 2.45) is 34.5 Å². The summed E-state index contributed by atoms with van der Waals surface area (Å²) in [5, 5.41) is 17.4. The first-order chi connectivity index (χ1) is 17.4. The van der Waals surface area contributed by atoms with Crippen molar-refractivity contribution in [3.05, 3.63) is 88.2 Å². The van der Waals surface area contributed by atoms with E-state index in [0.29, 0.717) is 0 Å². The molecule has 0 spiro atoms. The summed E-state index contributed by atoms with van der Waals surface area (Å²) in [5.74, 6) is 0. The Morgan fingerprint density at radius 1 is 1.00 bits per heavy atom. The van der Waals surface area contributed by atoms with Crippen molar-refractivity contribution in [2.45, 2.75) is 27.3 Å². The van der Waals surface area contributed by atoms with Crippen LogP contribution < -0.4 is 31.2 Å². The number of aromatic nitrogens is 3. The number of benzene rings is 2. The van der Waals surface area contributed by atoms with E-state index in [1.165, 1.54) is 16.3 Å². The molecule has 0 amide bonds. The highest BCUT2D eigenvalue weighted by molar-refractivity contribution is 7.09. The lowest BCUT2D eigenvalue weighted by Crippen LogP contribution is -3.00. The number of nitrogens with zero attached hydrogens (tertiary/aromatic N) is 8. The molecule has 0 bridgehead atoms. The van der Waals surface area contributed by atoms with E-state index in [4.69, 9.17) is 0 Å². The Morgan fingerprint density at radius 3 is 2.19 bits per heavy atom. The second-order valence-electron chi connectivity index (χ2n) is 8.63. The van der Waals surface area contributed by atoms with Crippen LogP contribution in [-0.4, -0.2) is 28.4 Å². The van der Waals surface area contributed by atoms with Gasteiger partial charge in [0.1, 0.15) is 18.9 Å². The fourth-order valence-corrected chi connectivity index (χ4v) is 4.62. The molecule has 0 atom stereocenters. The first-order valence-corrected chi connectivity index (χ1v) is 12.8. The number of rotatable bonds is 9. The molecule has 2 aromatic carbocycles. The molecule has 0 aliphatic rings. The van der Waals surface area contributed by atoms with Gasteiger partial charge in [0.15, 0.2) is 0 Å². The van der Waals surface area contributed by atoms with E-state index >= 15 is 0 Å². The fraction of sp³-hybridized carbons (Fsp3) is 0.296. The van der Waals surface area contributed by atoms with Gasteiger partial charge in [0.25, 0.3) is 0 Å². The summed E-state index contributed by atoms with van der Waals surface area (Å²) in [6, 6.07) is 16.0. The maximum Gasteiger partial charge on any atom is 0.243 e. The lowest BCUT2D eigenvalue weighted by Gasteiger charge is -2.22. The largest absolute Gasteiger partial charge is 1.00 e. The predicted molar refractivity (Wildman–Crippen MR) is 146 cm³/mol. The number of hydrogen-bond donors (Lipinski definition) is 0. The van der Waals surface area contributed by atoms with E-state index in [1.54, 1.807) is 17.6 Å². The topological polar surface area (TPSA) is 66.4 Å². The van der Waals surface area contributed by atoms with Crippen molar-refractivity contribution in [3.8, 4) is 0 Å². The van der Waals surface area contributed by atoms with E-state index in [2.05, 4.69) is 90.7 Å². The van der Waals surface area contributed by atoms with Gasteiger partial charge in [-0.2, -0.15) is 15.3 Å². The molecule has 37 heavy (non-hydrogen) atoms. The van der Waals surface area contributed by atoms with Gasteiger partial charge >= 0.3 is 0 Å². The number of imidazole rings is 1. The van der Waals surface area contributed by atoms with Crippen LogP contribution in [0.2, 0.25) is 0 Å². The smallest absolute Gasteiger partial charge is 0.243 e. The summed E-state index contributed by atoms with van der Waals surface area (Å²) in [4.78, 5) is 4.49. The summed E-state index contributed by atoms with van der Waals surface area (Å²) in [5.41, 5.74) is 4.97. The molecule has 2 heterocycles. The third kappa shape index (κ3) is 7.56. The Balaban J connectivity index is 0.00000380. The van der Waals surface area contributed by atoms with E-state index < -0.39 is 0 Å². The Hall–Kier alpha value is -3.37. The summed E-state index contributed by atoms with van der Waals surface area (Å²) >= 11 is 1.64. The van der Waals surface area contributed by atoms with Crippen LogP contribution in [0.3, 0.4) is 0 Å². The molecule has 0 saturated heterocycles. The highest BCUT2D eigenvalue weighted by Crippen LogP contribution is 2.22. The SMILES string of the molecule is CCN(CCn1cc[n+](C)c1)c1ccc(N=Nc2ccc(/C=N/N=c3/sc(C)c(C)n3C)cc2)cc1.[Br-]. The third-order valence-electron chi connectivity index (χ3n) is 6.12. The van der Waals surface area contributed by atoms with Gasteiger partial charge in [-0.15, -0.1) is 16.4 Å². The molecule has 4 aromatic rings. The molecular weight excluding hydrogens is 548 g/mol. The monoisotopic (exact) mass is 580 g/mol. The number of hydrogen-bond acceptors (Lipinski definition) is 6. The lowest BCUT2D eigenvalue weighted by atomic mass is 10.2. The van der Waals surface area contributed by atoms with Crippen molar-refractivity contribution in [1.29, 1.82) is 0 Å². The van der Waals surface area contributed by atoms with E-state index in [9.17, 15) is 0 Å². The number of aryl methyl sites for hydroxylation is 2. The summed E-state index contributed by atoms with van der Waals surface area (Å²) in [6.07, 6.45) is 8.00. The molecule has 2 aromatic heterocycles. The molecule has 10 heteroatoms. The van der Waals surface area contributed by atoms with Crippen LogP contribution in [0.5, 0.6) is 0 Å². The quantitative estimate of drug-likeness (QED) is 0.129. The molecular formula is C27H33BrN8S. The molecule has 0 N–H and O–H groups in total. The highest BCUT2D eigenvalue weighted by Gasteiger charge is 2.07. The highest BCUT2D eigenvalue weighted by atomic mass is 79.9. The van der Waals surface area contributed by atoms with Gasteiger partial charge in [-0.05, 0) is 62.7 Å². The molecule has 0 unspecified atom stereocenters. The standard InChI is InChI=1S/C27H33N8S.BrH/c1-6-35(18-17-34-16-15-32(4)20-34)26-13-11-25(12-14-26)30-29-24-9-7-23(8-10-24)19-28-31-27-33(5)21(2)22(3)36-27;/h7-16,19-20H,6,17-18H2,1-5H3;1H/q+1;/p-1/b28-19+,30-29?,31-27+;. The maximum atomic E-state index is 4.40. The predicted octanol–water partition coefficient (Wildman–Crippen LogP) is 2.21. The Labute approximate surface area is 232 Å². The number of likely N-dealkylation sites (N-methyl/N-ethyl adjacent to an activating group) is 1. The first kappa shape index (κ1) is 28.2. The number of azo groups is 1.